The largest absolute Gasteiger partial charge is 0.480 e. The molecule has 11 nitrogen and oxygen atoms in total. The van der Waals surface area contributed by atoms with Crippen LogP contribution >= 0.6 is 0 Å². The van der Waals surface area contributed by atoms with E-state index in [0.29, 0.717) is 39.3 Å². The molecular formula is C18H33N5O6. The summed E-state index contributed by atoms with van der Waals surface area (Å²) in [7, 11) is 0. The van der Waals surface area contributed by atoms with Gasteiger partial charge in [-0.3, -0.25) is 29.2 Å². The maximum atomic E-state index is 11.4. The molecule has 0 spiro atoms. The van der Waals surface area contributed by atoms with E-state index in [0.717, 1.165) is 32.7 Å². The Bertz CT molecular complexity index is 561. The lowest BCUT2D eigenvalue weighted by Gasteiger charge is -2.34. The van der Waals surface area contributed by atoms with Crippen molar-refractivity contribution in [2.75, 3.05) is 85.1 Å². The number of fused-ring (bicyclic) bond motifs is 3. The molecule has 0 aromatic carbocycles. The van der Waals surface area contributed by atoms with Gasteiger partial charge in [0.05, 0.1) is 13.1 Å². The van der Waals surface area contributed by atoms with Gasteiger partial charge in [-0.2, -0.15) is 0 Å². The minimum Gasteiger partial charge on any atom is -0.480 e. The first-order chi connectivity index (χ1) is 13.7. The zero-order valence-electron chi connectivity index (χ0n) is 17.1. The zero-order chi connectivity index (χ0) is 21.4. The Morgan fingerprint density at radius 2 is 1.41 bits per heavy atom. The Hall–Kier alpha value is -1.95. The van der Waals surface area contributed by atoms with Crippen LogP contribution in [0.3, 0.4) is 0 Å². The number of carbonyl (C=O) groups is 3. The number of hydrogen-bond donors (Lipinski definition) is 3. The molecule has 2 heterocycles. The van der Waals surface area contributed by atoms with Crippen LogP contribution in [0, 0.1) is 0 Å². The number of rotatable bonds is 7. The molecule has 2 bridgehead atoms. The minimum atomic E-state index is -1.04. The van der Waals surface area contributed by atoms with Crippen molar-refractivity contribution in [3.8, 4) is 0 Å². The predicted molar refractivity (Wildman–Crippen MR) is 105 cm³/mol. The molecule has 11 heteroatoms. The molecule has 0 aliphatic carbocycles. The molecule has 2 aliphatic heterocycles. The number of carboxylic acids is 2. The third-order valence-corrected chi connectivity index (χ3v) is 5.65. The first kappa shape index (κ1) is 23.3. The van der Waals surface area contributed by atoms with Gasteiger partial charge in [0.1, 0.15) is 0 Å². The van der Waals surface area contributed by atoms with Gasteiger partial charge in [0.15, 0.2) is 0 Å². The lowest BCUT2D eigenvalue weighted by atomic mass is 10.2. The van der Waals surface area contributed by atoms with E-state index in [4.69, 9.17) is 10.2 Å². The summed E-state index contributed by atoms with van der Waals surface area (Å²) in [6.07, 6.45) is -0.880. The zero-order valence-corrected chi connectivity index (χ0v) is 17.1. The molecule has 1 amide bonds. The van der Waals surface area contributed by atoms with Crippen LogP contribution in [-0.2, 0) is 9.59 Å². The van der Waals surface area contributed by atoms with Crippen LogP contribution in [0.25, 0.3) is 0 Å². The third kappa shape index (κ3) is 8.13. The summed E-state index contributed by atoms with van der Waals surface area (Å²) in [5.41, 5.74) is 0. The molecule has 0 aromatic heterocycles. The fourth-order valence-electron chi connectivity index (χ4n) is 3.92. The Labute approximate surface area is 171 Å². The second kappa shape index (κ2) is 11.3. The first-order valence-corrected chi connectivity index (χ1v) is 10.1. The molecule has 3 unspecified atom stereocenters. The van der Waals surface area contributed by atoms with Crippen LogP contribution in [0.1, 0.15) is 6.92 Å². The van der Waals surface area contributed by atoms with Crippen LogP contribution in [0.2, 0.25) is 0 Å². The Morgan fingerprint density at radius 1 is 0.862 bits per heavy atom. The predicted octanol–water partition coefficient (Wildman–Crippen LogP) is -1.24. The molecule has 2 aliphatic rings. The average molecular weight is 415 g/mol. The highest BCUT2D eigenvalue weighted by Gasteiger charge is 2.26. The average Bonchev–Trinajstić information content (AvgIpc) is 2.76. The van der Waals surface area contributed by atoms with E-state index < -0.39 is 18.0 Å². The van der Waals surface area contributed by atoms with Crippen LogP contribution in [-0.4, -0.2) is 149 Å². The number of carboxylic acid groups (broad SMARTS) is 3. The van der Waals surface area contributed by atoms with Gasteiger partial charge < -0.3 is 20.2 Å². The van der Waals surface area contributed by atoms with Gasteiger partial charge in [0.25, 0.3) is 0 Å². The normalized spacial score (nSPS) is 26.7. The minimum absolute atomic E-state index is 0.219. The lowest BCUT2D eigenvalue weighted by Crippen LogP contribution is -2.48. The van der Waals surface area contributed by atoms with Crippen LogP contribution in [0.15, 0.2) is 0 Å². The molecule has 0 aromatic rings. The first-order valence-electron chi connectivity index (χ1n) is 10.1. The molecular weight excluding hydrogens is 382 g/mol. The highest BCUT2D eigenvalue weighted by atomic mass is 16.4. The van der Waals surface area contributed by atoms with Crippen molar-refractivity contribution in [2.45, 2.75) is 13.0 Å². The summed E-state index contributed by atoms with van der Waals surface area (Å²) >= 11 is 0. The number of amides is 1. The maximum Gasteiger partial charge on any atom is 0.407 e. The molecule has 2 saturated heterocycles. The monoisotopic (exact) mass is 415 g/mol. The maximum absolute atomic E-state index is 11.4. The van der Waals surface area contributed by atoms with Gasteiger partial charge in [0, 0.05) is 78.0 Å². The fourth-order valence-corrected chi connectivity index (χ4v) is 3.92. The molecule has 2 rings (SSSR count). The van der Waals surface area contributed by atoms with E-state index in [1.54, 1.807) is 0 Å². The third-order valence-electron chi connectivity index (χ3n) is 5.65. The van der Waals surface area contributed by atoms with Gasteiger partial charge in [-0.1, -0.05) is 0 Å². The van der Waals surface area contributed by atoms with E-state index >= 15 is 0 Å². The fraction of sp³-hybridized carbons (Fsp3) is 0.833. The van der Waals surface area contributed by atoms with Crippen molar-refractivity contribution in [2.24, 2.45) is 0 Å². The lowest BCUT2D eigenvalue weighted by molar-refractivity contribution is -0.141. The highest BCUT2D eigenvalue weighted by Crippen LogP contribution is 2.10. The van der Waals surface area contributed by atoms with E-state index in [1.165, 1.54) is 9.80 Å². The van der Waals surface area contributed by atoms with Crippen molar-refractivity contribution < 1.29 is 29.7 Å². The van der Waals surface area contributed by atoms with Crippen molar-refractivity contribution >= 4 is 18.0 Å². The van der Waals surface area contributed by atoms with Crippen LogP contribution in [0.5, 0.6) is 0 Å². The Balaban J connectivity index is 2.00. The molecule has 0 radical (unpaired) electrons. The second-order valence-corrected chi connectivity index (χ2v) is 7.79. The molecule has 29 heavy (non-hydrogen) atoms. The Morgan fingerprint density at radius 3 is 2.03 bits per heavy atom. The highest BCUT2D eigenvalue weighted by molar-refractivity contribution is 5.72. The summed E-state index contributed by atoms with van der Waals surface area (Å²) < 4.78 is 0. The molecule has 3 atom stereocenters. The van der Waals surface area contributed by atoms with Crippen LogP contribution < -0.4 is 0 Å². The van der Waals surface area contributed by atoms with E-state index in [2.05, 4.69) is 21.6 Å². The van der Waals surface area contributed by atoms with Crippen molar-refractivity contribution in [1.82, 2.24) is 24.5 Å². The van der Waals surface area contributed by atoms with Gasteiger partial charge >= 0.3 is 18.0 Å². The SMILES string of the molecule is CC1CN(CCN(CC(=O)O)CC(=O)O)CCN2CCN(C(=O)O)CCN1CC2. The van der Waals surface area contributed by atoms with Gasteiger partial charge in [-0.05, 0) is 6.92 Å². The molecule has 3 N–H and O–H groups in total. The molecule has 166 valence electrons. The van der Waals surface area contributed by atoms with Crippen LogP contribution in [0.4, 0.5) is 4.79 Å². The quantitative estimate of drug-likeness (QED) is 0.464. The summed E-state index contributed by atoms with van der Waals surface area (Å²) in [4.78, 5) is 43.2. The summed E-state index contributed by atoms with van der Waals surface area (Å²) in [6, 6.07) is 0.219. The summed E-state index contributed by atoms with van der Waals surface area (Å²) in [5.74, 6) is -2.07. The van der Waals surface area contributed by atoms with E-state index in [-0.39, 0.29) is 19.1 Å². The van der Waals surface area contributed by atoms with Crippen molar-refractivity contribution in [1.29, 1.82) is 0 Å². The number of hydrogen-bond acceptors (Lipinski definition) is 7. The standard InChI is InChI=1S/C18H33N5O6/c1-15-12-20(4-5-21(13-16(24)25)14-17(26)27)3-2-19-6-8-22(15)10-11-23(9-7-19)18(28)29/h15H,2-14H2,1H3,(H,24,25)(H,26,27)(H,28,29). The van der Waals surface area contributed by atoms with Gasteiger partial charge in [0.2, 0.25) is 0 Å². The molecule has 2 fully saturated rings. The Kier molecular flexibility index (Phi) is 9.08. The van der Waals surface area contributed by atoms with E-state index in [9.17, 15) is 19.5 Å². The molecule has 0 saturated carbocycles. The second-order valence-electron chi connectivity index (χ2n) is 7.79. The summed E-state index contributed by atoms with van der Waals surface area (Å²) in [6.45, 7) is 8.96. The van der Waals surface area contributed by atoms with Gasteiger partial charge in [-0.25, -0.2) is 4.79 Å². The number of nitrogens with zero attached hydrogens (tertiary/aromatic N) is 5. The number of aliphatic carboxylic acids is 2. The van der Waals surface area contributed by atoms with E-state index in [1.807, 2.05) is 0 Å². The summed E-state index contributed by atoms with van der Waals surface area (Å²) in [5, 5.41) is 27.4. The topological polar surface area (TPSA) is 128 Å². The van der Waals surface area contributed by atoms with Crippen molar-refractivity contribution in [3.05, 3.63) is 0 Å². The smallest absolute Gasteiger partial charge is 0.407 e. The van der Waals surface area contributed by atoms with Gasteiger partial charge in [-0.15, -0.1) is 0 Å². The van der Waals surface area contributed by atoms with Crippen molar-refractivity contribution in [3.63, 3.8) is 0 Å².